The fourth-order valence-electron chi connectivity index (χ4n) is 4.47. The monoisotopic (exact) mass is 474 g/mol. The van der Waals surface area contributed by atoms with E-state index in [-0.39, 0.29) is 5.69 Å². The number of aromatic amines is 1. The molecule has 0 amide bonds. The predicted octanol–water partition coefficient (Wildman–Crippen LogP) is 4.45. The molecule has 172 valence electrons. The average Bonchev–Trinajstić information content (AvgIpc) is 2.88. The summed E-state index contributed by atoms with van der Waals surface area (Å²) in [5, 5.41) is 0.299. The van der Waals surface area contributed by atoms with E-state index in [1.807, 2.05) is 36.5 Å². The number of nitrogens with zero attached hydrogens (tertiary/aromatic N) is 3. The van der Waals surface area contributed by atoms with Crippen molar-refractivity contribution in [2.75, 3.05) is 14.2 Å². The molecule has 2 aromatic heterocycles. The number of H-pyrrole nitrogens is 1. The summed E-state index contributed by atoms with van der Waals surface area (Å²) in [4.78, 5) is 26.2. The van der Waals surface area contributed by atoms with Gasteiger partial charge in [0, 0.05) is 23.5 Å². The molecule has 0 saturated heterocycles. The molecule has 34 heavy (non-hydrogen) atoms. The van der Waals surface area contributed by atoms with Crippen LogP contribution in [0.1, 0.15) is 22.3 Å². The molecule has 2 heterocycles. The smallest absolute Gasteiger partial charge is 0.345 e. The molecule has 0 saturated carbocycles. The summed E-state index contributed by atoms with van der Waals surface area (Å²) in [6.07, 6.45) is 7.28. The predicted molar refractivity (Wildman–Crippen MR) is 131 cm³/mol. The van der Waals surface area contributed by atoms with Crippen molar-refractivity contribution < 1.29 is 9.47 Å². The Morgan fingerprint density at radius 3 is 2.09 bits per heavy atom. The molecular weight excluding hydrogens is 452 g/mol. The number of hydrogen-bond acceptors (Lipinski definition) is 6. The van der Waals surface area contributed by atoms with Crippen LogP contribution in [0.15, 0.2) is 53.6 Å². The van der Waals surface area contributed by atoms with E-state index in [2.05, 4.69) is 26.0 Å². The maximum atomic E-state index is 11.3. The zero-order chi connectivity index (χ0) is 23.7. The van der Waals surface area contributed by atoms with Gasteiger partial charge in [-0.25, -0.2) is 19.7 Å². The molecule has 8 heteroatoms. The first-order chi connectivity index (χ1) is 16.6. The first-order valence-electron chi connectivity index (χ1n) is 11.0. The number of halogens is 1. The molecule has 1 N–H and O–H groups in total. The van der Waals surface area contributed by atoms with Crippen molar-refractivity contribution >= 4 is 11.6 Å². The first kappa shape index (κ1) is 22.1. The van der Waals surface area contributed by atoms with Crippen molar-refractivity contribution in [2.45, 2.75) is 25.7 Å². The second-order valence-electron chi connectivity index (χ2n) is 8.15. The number of aryl methyl sites for hydroxylation is 4. The molecule has 4 aromatic rings. The van der Waals surface area contributed by atoms with Crippen LogP contribution >= 0.6 is 11.6 Å². The molecule has 0 spiro atoms. The van der Waals surface area contributed by atoms with Gasteiger partial charge in [0.15, 0.2) is 0 Å². The van der Waals surface area contributed by atoms with Gasteiger partial charge in [0.1, 0.15) is 11.5 Å². The van der Waals surface area contributed by atoms with Gasteiger partial charge in [0.05, 0.1) is 25.6 Å². The molecule has 0 fully saturated rings. The van der Waals surface area contributed by atoms with Crippen LogP contribution in [0.2, 0.25) is 5.28 Å². The topological polar surface area (TPSA) is 90.0 Å². The van der Waals surface area contributed by atoms with Crippen molar-refractivity contribution in [2.24, 2.45) is 0 Å². The van der Waals surface area contributed by atoms with Crippen molar-refractivity contribution in [3.05, 3.63) is 86.8 Å². The fourth-order valence-corrected chi connectivity index (χ4v) is 4.61. The number of nitrogens with one attached hydrogen (secondary N) is 1. The van der Waals surface area contributed by atoms with Gasteiger partial charge in [0.25, 0.3) is 0 Å². The van der Waals surface area contributed by atoms with E-state index >= 15 is 0 Å². The zero-order valence-corrected chi connectivity index (χ0v) is 19.6. The lowest BCUT2D eigenvalue weighted by atomic mass is 9.90. The average molecular weight is 475 g/mol. The van der Waals surface area contributed by atoms with Crippen molar-refractivity contribution in [3.8, 4) is 34.0 Å². The highest BCUT2D eigenvalue weighted by Gasteiger charge is 2.19. The van der Waals surface area contributed by atoms with Gasteiger partial charge in [-0.1, -0.05) is 0 Å². The Hall–Kier alpha value is -3.71. The Balaban J connectivity index is 0.000000142. The Bertz CT molecular complexity index is 1430. The normalized spacial score (nSPS) is 12.8. The van der Waals surface area contributed by atoms with Gasteiger partial charge in [0.2, 0.25) is 5.28 Å². The minimum absolute atomic E-state index is 0.299. The number of methoxy groups -OCH3 is 2. The molecule has 2 aliphatic carbocycles. The second-order valence-corrected chi connectivity index (χ2v) is 8.49. The van der Waals surface area contributed by atoms with Crippen LogP contribution in [0.25, 0.3) is 22.5 Å². The highest BCUT2D eigenvalue weighted by Crippen LogP contribution is 2.34. The molecule has 2 aliphatic rings. The van der Waals surface area contributed by atoms with Gasteiger partial charge < -0.3 is 14.5 Å². The van der Waals surface area contributed by atoms with Crippen LogP contribution in [0.4, 0.5) is 0 Å². The third kappa shape index (κ3) is 4.26. The van der Waals surface area contributed by atoms with Crippen LogP contribution < -0.4 is 15.2 Å². The van der Waals surface area contributed by atoms with Gasteiger partial charge >= 0.3 is 5.69 Å². The lowest BCUT2D eigenvalue weighted by Crippen LogP contribution is -2.16. The van der Waals surface area contributed by atoms with Crippen LogP contribution in [0, 0.1) is 0 Å². The molecule has 0 aliphatic heterocycles. The van der Waals surface area contributed by atoms with E-state index in [9.17, 15) is 4.79 Å². The summed E-state index contributed by atoms with van der Waals surface area (Å²) < 4.78 is 10.4. The first-order valence-corrected chi connectivity index (χ1v) is 11.4. The number of aromatic nitrogens is 4. The lowest BCUT2D eigenvalue weighted by Gasteiger charge is -2.19. The van der Waals surface area contributed by atoms with Crippen LogP contribution in [-0.2, 0) is 25.7 Å². The third-order valence-electron chi connectivity index (χ3n) is 6.20. The van der Waals surface area contributed by atoms with E-state index in [1.165, 1.54) is 11.1 Å². The molecule has 6 rings (SSSR count). The Morgan fingerprint density at radius 1 is 0.794 bits per heavy atom. The van der Waals surface area contributed by atoms with Crippen molar-refractivity contribution in [1.29, 1.82) is 0 Å². The summed E-state index contributed by atoms with van der Waals surface area (Å²) in [7, 11) is 3.34. The summed E-state index contributed by atoms with van der Waals surface area (Å²) >= 11 is 5.85. The quantitative estimate of drug-likeness (QED) is 0.432. The maximum Gasteiger partial charge on any atom is 0.345 e. The Labute approximate surface area is 201 Å². The fraction of sp³-hybridized carbons (Fsp3) is 0.231. The second kappa shape index (κ2) is 9.27. The molecule has 0 unspecified atom stereocenters. The van der Waals surface area contributed by atoms with Crippen molar-refractivity contribution in [3.63, 3.8) is 0 Å². The lowest BCUT2D eigenvalue weighted by molar-refractivity contribution is 0.414. The largest absolute Gasteiger partial charge is 0.497 e. The summed E-state index contributed by atoms with van der Waals surface area (Å²) in [6, 6.07) is 12.0. The van der Waals surface area contributed by atoms with Crippen LogP contribution in [0.5, 0.6) is 11.5 Å². The minimum atomic E-state index is -0.299. The standard InChI is InChI=1S/C13H11ClN2O.C13H12N2O2/c1-17-10-4-5-11-8(6-10)2-3-9-7-15-13(14)16-12(9)11;1-17-10-4-5-11-8(6-10)2-3-9-7-14-13(16)15-12(9)11/h4-7H,2-3H2,1H3;4-7H,2-3H2,1H3,(H,14,15,16). The molecular formula is C26H23ClN4O3. The van der Waals surface area contributed by atoms with E-state index < -0.39 is 0 Å². The maximum absolute atomic E-state index is 11.3. The number of benzene rings is 2. The van der Waals surface area contributed by atoms with Crippen LogP contribution in [0.3, 0.4) is 0 Å². The minimum Gasteiger partial charge on any atom is -0.497 e. The highest BCUT2D eigenvalue weighted by atomic mass is 35.5. The van der Waals surface area contributed by atoms with E-state index in [0.717, 1.165) is 70.8 Å². The van der Waals surface area contributed by atoms with Gasteiger partial charge in [-0.3, -0.25) is 0 Å². The molecule has 7 nitrogen and oxygen atoms in total. The van der Waals surface area contributed by atoms with E-state index in [4.69, 9.17) is 21.1 Å². The molecule has 0 atom stereocenters. The Morgan fingerprint density at radius 2 is 1.38 bits per heavy atom. The van der Waals surface area contributed by atoms with Gasteiger partial charge in [-0.2, -0.15) is 0 Å². The molecule has 0 bridgehead atoms. The van der Waals surface area contributed by atoms with Gasteiger partial charge in [-0.05, 0) is 95.9 Å². The highest BCUT2D eigenvalue weighted by molar-refractivity contribution is 6.28. The SMILES string of the molecule is COc1ccc2c(c1)CCc1cnc(=O)[nH]c1-2.COc1ccc2c(c1)CCc1cnc(Cl)nc1-2. The Kier molecular flexibility index (Phi) is 6.02. The summed E-state index contributed by atoms with van der Waals surface area (Å²) in [5.41, 5.74) is 8.48. The summed E-state index contributed by atoms with van der Waals surface area (Å²) in [5.74, 6) is 1.73. The number of fused-ring (bicyclic) bond motifs is 6. The summed E-state index contributed by atoms with van der Waals surface area (Å²) in [6.45, 7) is 0. The van der Waals surface area contributed by atoms with Crippen LogP contribution in [-0.4, -0.2) is 34.2 Å². The third-order valence-corrected chi connectivity index (χ3v) is 6.38. The zero-order valence-electron chi connectivity index (χ0n) is 18.9. The van der Waals surface area contributed by atoms with E-state index in [1.54, 1.807) is 20.4 Å². The van der Waals surface area contributed by atoms with Crippen molar-refractivity contribution in [1.82, 2.24) is 19.9 Å². The van der Waals surface area contributed by atoms with Gasteiger partial charge in [-0.15, -0.1) is 0 Å². The molecule has 0 radical (unpaired) electrons. The molecule has 2 aromatic carbocycles. The number of rotatable bonds is 2. The van der Waals surface area contributed by atoms with E-state index in [0.29, 0.717) is 5.28 Å². The number of ether oxygens (including phenoxy) is 2. The number of hydrogen-bond donors (Lipinski definition) is 1.